The van der Waals surface area contributed by atoms with Crippen molar-refractivity contribution in [3.8, 4) is 23.0 Å². The molecule has 0 saturated heterocycles. The molecule has 5 heteroatoms. The van der Waals surface area contributed by atoms with Crippen LogP contribution in [0.25, 0.3) is 23.0 Å². The summed E-state index contributed by atoms with van der Waals surface area (Å²) in [7, 11) is 0. The topological polar surface area (TPSA) is 51.8 Å². The van der Waals surface area contributed by atoms with Gasteiger partial charge in [-0.1, -0.05) is 18.2 Å². The van der Waals surface area contributed by atoms with Gasteiger partial charge in [0.05, 0.1) is 5.56 Å². The third-order valence-electron chi connectivity index (χ3n) is 2.41. The molecule has 0 bridgehead atoms. The van der Waals surface area contributed by atoms with E-state index in [1.807, 2.05) is 42.5 Å². The monoisotopic (exact) mass is 301 g/mol. The molecule has 0 saturated carbocycles. The van der Waals surface area contributed by atoms with Crippen LogP contribution in [0.1, 0.15) is 0 Å². The Hall–Kier alpha value is -2.01. The highest BCUT2D eigenvalue weighted by Gasteiger charge is 2.12. The zero-order valence-electron chi connectivity index (χ0n) is 9.25. The number of rotatable bonds is 2. The Morgan fingerprint density at radius 2 is 1.67 bits per heavy atom. The quantitative estimate of drug-likeness (QED) is 0.726. The molecule has 0 radical (unpaired) electrons. The highest BCUT2D eigenvalue weighted by molar-refractivity contribution is 9.10. The SMILES string of the molecule is Brc1ccccc1-c1nnc(-c2ccccn2)o1. The van der Waals surface area contributed by atoms with E-state index in [-0.39, 0.29) is 0 Å². The van der Waals surface area contributed by atoms with Gasteiger partial charge in [-0.2, -0.15) is 0 Å². The van der Waals surface area contributed by atoms with E-state index in [1.54, 1.807) is 6.20 Å². The molecule has 1 aromatic carbocycles. The van der Waals surface area contributed by atoms with Gasteiger partial charge in [-0.25, -0.2) is 0 Å². The van der Waals surface area contributed by atoms with Crippen LogP contribution >= 0.6 is 15.9 Å². The van der Waals surface area contributed by atoms with Crippen molar-refractivity contribution in [3.05, 3.63) is 53.1 Å². The van der Waals surface area contributed by atoms with Crippen molar-refractivity contribution in [2.75, 3.05) is 0 Å². The van der Waals surface area contributed by atoms with E-state index in [0.717, 1.165) is 10.0 Å². The van der Waals surface area contributed by atoms with E-state index < -0.39 is 0 Å². The lowest BCUT2D eigenvalue weighted by Crippen LogP contribution is -1.80. The van der Waals surface area contributed by atoms with Crippen LogP contribution in [-0.2, 0) is 0 Å². The maximum atomic E-state index is 5.62. The predicted molar refractivity (Wildman–Crippen MR) is 70.7 cm³/mol. The molecule has 0 aliphatic heterocycles. The third kappa shape index (κ3) is 2.04. The zero-order valence-corrected chi connectivity index (χ0v) is 10.8. The average Bonchev–Trinajstić information content (AvgIpc) is 2.90. The summed E-state index contributed by atoms with van der Waals surface area (Å²) in [6.07, 6.45) is 1.69. The molecule has 3 aromatic rings. The maximum Gasteiger partial charge on any atom is 0.266 e. The lowest BCUT2D eigenvalue weighted by atomic mass is 10.2. The van der Waals surface area contributed by atoms with Crippen molar-refractivity contribution in [1.29, 1.82) is 0 Å². The summed E-state index contributed by atoms with van der Waals surface area (Å²) in [6, 6.07) is 13.3. The fourth-order valence-corrected chi connectivity index (χ4v) is 2.01. The third-order valence-corrected chi connectivity index (χ3v) is 3.10. The maximum absolute atomic E-state index is 5.62. The van der Waals surface area contributed by atoms with Crippen molar-refractivity contribution in [2.45, 2.75) is 0 Å². The van der Waals surface area contributed by atoms with Gasteiger partial charge in [-0.15, -0.1) is 10.2 Å². The Morgan fingerprint density at radius 3 is 2.44 bits per heavy atom. The van der Waals surface area contributed by atoms with Gasteiger partial charge in [-0.3, -0.25) is 4.98 Å². The Kier molecular flexibility index (Phi) is 2.90. The fraction of sp³-hybridized carbons (Fsp3) is 0. The molecule has 88 valence electrons. The number of benzene rings is 1. The lowest BCUT2D eigenvalue weighted by molar-refractivity contribution is 0.582. The van der Waals surface area contributed by atoms with Gasteiger partial charge in [-0.05, 0) is 40.2 Å². The van der Waals surface area contributed by atoms with E-state index in [4.69, 9.17) is 4.42 Å². The zero-order chi connectivity index (χ0) is 12.4. The van der Waals surface area contributed by atoms with E-state index in [1.165, 1.54) is 0 Å². The molecule has 0 unspecified atom stereocenters. The molecule has 18 heavy (non-hydrogen) atoms. The van der Waals surface area contributed by atoms with Crippen LogP contribution < -0.4 is 0 Å². The molecule has 2 aromatic heterocycles. The predicted octanol–water partition coefficient (Wildman–Crippen LogP) is 3.56. The average molecular weight is 302 g/mol. The summed E-state index contributed by atoms with van der Waals surface area (Å²) in [4.78, 5) is 4.17. The summed E-state index contributed by atoms with van der Waals surface area (Å²) in [5, 5.41) is 8.04. The first kappa shape index (κ1) is 11.1. The van der Waals surface area contributed by atoms with Crippen LogP contribution in [0, 0.1) is 0 Å². The standard InChI is InChI=1S/C13H8BrN3O/c14-10-6-2-1-5-9(10)12-16-17-13(18-12)11-7-3-4-8-15-11/h1-8H. The van der Waals surface area contributed by atoms with Crippen LogP contribution in [0.15, 0.2) is 57.6 Å². The molecule has 0 spiro atoms. The van der Waals surface area contributed by atoms with Gasteiger partial charge >= 0.3 is 0 Å². The molecular weight excluding hydrogens is 294 g/mol. The van der Waals surface area contributed by atoms with Crippen molar-refractivity contribution >= 4 is 15.9 Å². The first-order valence-corrected chi connectivity index (χ1v) is 6.14. The number of aromatic nitrogens is 3. The molecule has 0 N–H and O–H groups in total. The minimum atomic E-state index is 0.418. The van der Waals surface area contributed by atoms with Crippen LogP contribution in [0.5, 0.6) is 0 Å². The summed E-state index contributed by atoms with van der Waals surface area (Å²) < 4.78 is 6.54. The van der Waals surface area contributed by atoms with Crippen molar-refractivity contribution in [2.24, 2.45) is 0 Å². The molecule has 4 nitrogen and oxygen atoms in total. The molecule has 0 aliphatic rings. The van der Waals surface area contributed by atoms with E-state index in [0.29, 0.717) is 17.5 Å². The second-order valence-electron chi connectivity index (χ2n) is 3.61. The second kappa shape index (κ2) is 4.70. The van der Waals surface area contributed by atoms with E-state index in [9.17, 15) is 0 Å². The summed E-state index contributed by atoms with van der Waals surface area (Å²) in [5.74, 6) is 0.893. The Labute approximate surface area is 112 Å². The normalized spacial score (nSPS) is 10.5. The molecule has 0 aliphatic carbocycles. The highest BCUT2D eigenvalue weighted by Crippen LogP contribution is 2.28. The molecule has 0 amide bonds. The van der Waals surface area contributed by atoms with Crippen LogP contribution in [0.4, 0.5) is 0 Å². The van der Waals surface area contributed by atoms with Gasteiger partial charge in [0.25, 0.3) is 5.89 Å². The van der Waals surface area contributed by atoms with Crippen LogP contribution in [0.2, 0.25) is 0 Å². The van der Waals surface area contributed by atoms with Crippen LogP contribution in [0.3, 0.4) is 0 Å². The van der Waals surface area contributed by atoms with E-state index >= 15 is 0 Å². The fourth-order valence-electron chi connectivity index (χ4n) is 1.56. The summed E-state index contributed by atoms with van der Waals surface area (Å²) >= 11 is 3.46. The first-order valence-electron chi connectivity index (χ1n) is 5.34. The Balaban J connectivity index is 2.03. The molecule has 3 rings (SSSR count). The minimum absolute atomic E-state index is 0.418. The van der Waals surface area contributed by atoms with Crippen molar-refractivity contribution < 1.29 is 4.42 Å². The van der Waals surface area contributed by atoms with Gasteiger partial charge in [0.15, 0.2) is 0 Å². The van der Waals surface area contributed by atoms with Gasteiger partial charge in [0.2, 0.25) is 5.89 Å². The molecule has 0 atom stereocenters. The smallest absolute Gasteiger partial charge is 0.266 e. The van der Waals surface area contributed by atoms with Crippen molar-refractivity contribution in [3.63, 3.8) is 0 Å². The van der Waals surface area contributed by atoms with Gasteiger partial charge in [0.1, 0.15) is 5.69 Å². The van der Waals surface area contributed by atoms with Crippen LogP contribution in [-0.4, -0.2) is 15.2 Å². The summed E-state index contributed by atoms with van der Waals surface area (Å²) in [5.41, 5.74) is 1.54. The Bertz CT molecular complexity index is 667. The largest absolute Gasteiger partial charge is 0.415 e. The number of nitrogens with zero attached hydrogens (tertiary/aromatic N) is 3. The first-order chi connectivity index (χ1) is 8.84. The minimum Gasteiger partial charge on any atom is -0.415 e. The number of halogens is 1. The van der Waals surface area contributed by atoms with E-state index in [2.05, 4.69) is 31.1 Å². The summed E-state index contributed by atoms with van der Waals surface area (Å²) in [6.45, 7) is 0. The highest BCUT2D eigenvalue weighted by atomic mass is 79.9. The molecule has 2 heterocycles. The number of hydrogen-bond acceptors (Lipinski definition) is 4. The molecule has 0 fully saturated rings. The lowest BCUT2D eigenvalue weighted by Gasteiger charge is -1.97. The van der Waals surface area contributed by atoms with Gasteiger partial charge in [0, 0.05) is 10.7 Å². The number of pyridine rings is 1. The van der Waals surface area contributed by atoms with Crippen molar-refractivity contribution in [1.82, 2.24) is 15.2 Å². The molecular formula is C13H8BrN3O. The van der Waals surface area contributed by atoms with Gasteiger partial charge < -0.3 is 4.42 Å². The Morgan fingerprint density at radius 1 is 0.889 bits per heavy atom. The number of hydrogen-bond donors (Lipinski definition) is 0. The second-order valence-corrected chi connectivity index (χ2v) is 4.46.